The van der Waals surface area contributed by atoms with Gasteiger partial charge in [0.2, 0.25) is 0 Å². The van der Waals surface area contributed by atoms with Crippen LogP contribution in [-0.2, 0) is 16.4 Å². The minimum absolute atomic E-state index is 0.135. The lowest BCUT2D eigenvalue weighted by Crippen LogP contribution is -2.28. The summed E-state index contributed by atoms with van der Waals surface area (Å²) in [6, 6.07) is 20.3. The lowest BCUT2D eigenvalue weighted by molar-refractivity contribution is 0.0947. The van der Waals surface area contributed by atoms with Crippen molar-refractivity contribution in [1.82, 2.24) is 5.32 Å². The van der Waals surface area contributed by atoms with Crippen molar-refractivity contribution in [2.75, 3.05) is 24.5 Å². The largest absolute Gasteiger partial charge is 0.492 e. The third-order valence-electron chi connectivity index (χ3n) is 5.08. The number of hydrogen-bond donors (Lipinski definition) is 1. The molecule has 3 aromatic rings. The Morgan fingerprint density at radius 1 is 0.970 bits per heavy atom. The Balaban J connectivity index is 1.52. The molecule has 0 fully saturated rings. The summed E-state index contributed by atoms with van der Waals surface area (Å²) < 4.78 is 32.4. The molecule has 3 aromatic carbocycles. The van der Waals surface area contributed by atoms with Gasteiger partial charge in [0, 0.05) is 17.6 Å². The average molecular weight is 487 g/mol. The molecule has 0 bridgehead atoms. The van der Waals surface area contributed by atoms with Crippen LogP contribution < -0.4 is 14.4 Å². The van der Waals surface area contributed by atoms with Crippen LogP contribution in [-0.4, -0.2) is 34.5 Å². The van der Waals surface area contributed by atoms with Gasteiger partial charge in [-0.05, 0) is 72.6 Å². The molecule has 0 unspecified atom stereocenters. The molecule has 0 spiro atoms. The van der Waals surface area contributed by atoms with Gasteiger partial charge in [0.25, 0.3) is 15.9 Å². The van der Waals surface area contributed by atoms with Gasteiger partial charge in [0.1, 0.15) is 12.4 Å². The Kier molecular flexibility index (Phi) is 8.36. The Morgan fingerprint density at radius 2 is 1.61 bits per heavy atom. The van der Waals surface area contributed by atoms with Crippen molar-refractivity contribution in [3.8, 4) is 5.75 Å². The number of carbonyl (C=O) groups is 1. The fraction of sp³-hybridized carbons (Fsp3) is 0.240. The number of halogens is 1. The molecule has 0 radical (unpaired) electrons. The zero-order valence-electron chi connectivity index (χ0n) is 18.6. The van der Waals surface area contributed by atoms with E-state index in [9.17, 15) is 13.2 Å². The van der Waals surface area contributed by atoms with Crippen LogP contribution >= 0.6 is 11.6 Å². The number of aryl methyl sites for hydroxylation is 1. The van der Waals surface area contributed by atoms with Gasteiger partial charge in [-0.2, -0.15) is 0 Å². The zero-order valence-corrected chi connectivity index (χ0v) is 20.2. The molecule has 1 N–H and O–H groups in total. The minimum Gasteiger partial charge on any atom is -0.492 e. The van der Waals surface area contributed by atoms with E-state index in [4.69, 9.17) is 16.3 Å². The van der Waals surface area contributed by atoms with Gasteiger partial charge < -0.3 is 10.1 Å². The van der Waals surface area contributed by atoms with E-state index >= 15 is 0 Å². The van der Waals surface area contributed by atoms with Crippen LogP contribution in [0, 0.1) is 0 Å². The molecule has 3 rings (SSSR count). The molecule has 0 atom stereocenters. The SMILES string of the molecule is CCCc1ccc(OCCNC(=O)c2ccc(N(C)S(=O)(=O)c3ccc(Cl)cc3)cc2)cc1. The number of sulfonamides is 1. The Morgan fingerprint density at radius 3 is 2.21 bits per heavy atom. The maximum Gasteiger partial charge on any atom is 0.264 e. The maximum absolute atomic E-state index is 12.8. The summed E-state index contributed by atoms with van der Waals surface area (Å²) in [5.74, 6) is 0.505. The number of nitrogens with one attached hydrogen (secondary N) is 1. The van der Waals surface area contributed by atoms with E-state index in [-0.39, 0.29) is 10.8 Å². The molecule has 174 valence electrons. The van der Waals surface area contributed by atoms with E-state index in [0.29, 0.717) is 29.4 Å². The van der Waals surface area contributed by atoms with Gasteiger partial charge in [0.05, 0.1) is 17.1 Å². The molecule has 8 heteroatoms. The van der Waals surface area contributed by atoms with Gasteiger partial charge in [0.15, 0.2) is 0 Å². The van der Waals surface area contributed by atoms with E-state index in [1.54, 1.807) is 24.3 Å². The van der Waals surface area contributed by atoms with Crippen molar-refractivity contribution in [3.63, 3.8) is 0 Å². The second-order valence-electron chi connectivity index (χ2n) is 7.47. The number of rotatable bonds is 10. The van der Waals surface area contributed by atoms with Gasteiger partial charge in [-0.1, -0.05) is 37.1 Å². The fourth-order valence-electron chi connectivity index (χ4n) is 3.20. The van der Waals surface area contributed by atoms with Crippen LogP contribution in [0.2, 0.25) is 5.02 Å². The highest BCUT2D eigenvalue weighted by Gasteiger charge is 2.21. The summed E-state index contributed by atoms with van der Waals surface area (Å²) in [7, 11) is -2.27. The molecule has 1 amide bonds. The topological polar surface area (TPSA) is 75.7 Å². The standard InChI is InChI=1S/C25H27ClN2O4S/c1-3-4-19-5-13-23(14-6-19)32-18-17-27-25(29)20-7-11-22(12-8-20)28(2)33(30,31)24-15-9-21(26)10-16-24/h5-16H,3-4,17-18H2,1-2H3,(H,27,29). The molecule has 33 heavy (non-hydrogen) atoms. The normalized spacial score (nSPS) is 11.1. The zero-order chi connectivity index (χ0) is 23.8. The van der Waals surface area contributed by atoms with Crippen molar-refractivity contribution >= 4 is 33.2 Å². The summed E-state index contributed by atoms with van der Waals surface area (Å²) in [4.78, 5) is 12.5. The van der Waals surface area contributed by atoms with Crippen LogP contribution in [0.3, 0.4) is 0 Å². The van der Waals surface area contributed by atoms with Crippen molar-refractivity contribution in [2.24, 2.45) is 0 Å². The monoisotopic (exact) mass is 486 g/mol. The van der Waals surface area contributed by atoms with Crippen LogP contribution in [0.1, 0.15) is 29.3 Å². The third-order valence-corrected chi connectivity index (χ3v) is 7.14. The Hall–Kier alpha value is -3.03. The first kappa shape index (κ1) is 24.6. The van der Waals surface area contributed by atoms with Crippen LogP contribution in [0.25, 0.3) is 0 Å². The van der Waals surface area contributed by atoms with Crippen molar-refractivity contribution in [3.05, 3.63) is 88.9 Å². The van der Waals surface area contributed by atoms with Crippen molar-refractivity contribution < 1.29 is 17.9 Å². The number of anilines is 1. The van der Waals surface area contributed by atoms with E-state index in [1.807, 2.05) is 24.3 Å². The first-order chi connectivity index (χ1) is 15.8. The number of benzene rings is 3. The molecule has 0 heterocycles. The van der Waals surface area contributed by atoms with Crippen molar-refractivity contribution in [2.45, 2.75) is 24.7 Å². The lowest BCUT2D eigenvalue weighted by Gasteiger charge is -2.19. The summed E-state index contributed by atoms with van der Waals surface area (Å²) in [6.45, 7) is 2.84. The smallest absolute Gasteiger partial charge is 0.264 e. The molecule has 0 aromatic heterocycles. The molecular formula is C25H27ClN2O4S. The van der Waals surface area contributed by atoms with Gasteiger partial charge >= 0.3 is 0 Å². The number of ether oxygens (including phenoxy) is 1. The first-order valence-corrected chi connectivity index (χ1v) is 12.5. The maximum atomic E-state index is 12.8. The van der Waals surface area contributed by atoms with E-state index in [2.05, 4.69) is 12.2 Å². The van der Waals surface area contributed by atoms with Gasteiger partial charge in [-0.3, -0.25) is 9.10 Å². The molecular weight excluding hydrogens is 460 g/mol. The van der Waals surface area contributed by atoms with Crippen molar-refractivity contribution in [1.29, 1.82) is 0 Å². The number of nitrogens with zero attached hydrogens (tertiary/aromatic N) is 1. The predicted molar refractivity (Wildman–Crippen MR) is 132 cm³/mol. The summed E-state index contributed by atoms with van der Waals surface area (Å²) >= 11 is 5.84. The predicted octanol–water partition coefficient (Wildman–Crippen LogP) is 4.93. The Bertz CT molecular complexity index is 1160. The number of carbonyl (C=O) groups excluding carboxylic acids is 1. The molecule has 0 aliphatic carbocycles. The van der Waals surface area contributed by atoms with E-state index in [0.717, 1.165) is 22.9 Å². The third kappa shape index (κ3) is 6.49. The summed E-state index contributed by atoms with van der Waals surface area (Å²) in [6.07, 6.45) is 2.14. The molecule has 0 saturated heterocycles. The van der Waals surface area contributed by atoms with E-state index in [1.165, 1.54) is 36.9 Å². The highest BCUT2D eigenvalue weighted by atomic mass is 35.5. The first-order valence-electron chi connectivity index (χ1n) is 10.7. The molecule has 0 aliphatic rings. The minimum atomic E-state index is -3.73. The quantitative estimate of drug-likeness (QED) is 0.412. The molecule has 0 aliphatic heterocycles. The van der Waals surface area contributed by atoms with Crippen LogP contribution in [0.15, 0.2) is 77.7 Å². The molecule has 6 nitrogen and oxygen atoms in total. The van der Waals surface area contributed by atoms with Crippen LogP contribution in [0.4, 0.5) is 5.69 Å². The second kappa shape index (κ2) is 11.2. The Labute approximate surface area is 200 Å². The lowest BCUT2D eigenvalue weighted by atomic mass is 10.1. The van der Waals surface area contributed by atoms with Gasteiger partial charge in [-0.25, -0.2) is 8.42 Å². The second-order valence-corrected chi connectivity index (χ2v) is 9.88. The van der Waals surface area contributed by atoms with E-state index < -0.39 is 10.0 Å². The highest BCUT2D eigenvalue weighted by molar-refractivity contribution is 7.92. The summed E-state index contributed by atoms with van der Waals surface area (Å²) in [5, 5.41) is 3.26. The number of hydrogen-bond acceptors (Lipinski definition) is 4. The molecule has 0 saturated carbocycles. The summed E-state index contributed by atoms with van der Waals surface area (Å²) in [5.41, 5.74) is 2.14. The highest BCUT2D eigenvalue weighted by Crippen LogP contribution is 2.23. The average Bonchev–Trinajstić information content (AvgIpc) is 2.83. The van der Waals surface area contributed by atoms with Crippen LogP contribution in [0.5, 0.6) is 5.75 Å². The van der Waals surface area contributed by atoms with Gasteiger partial charge in [-0.15, -0.1) is 0 Å². The fourth-order valence-corrected chi connectivity index (χ4v) is 4.52. The number of amides is 1.